The highest BCUT2D eigenvalue weighted by molar-refractivity contribution is 7.18. The third-order valence-corrected chi connectivity index (χ3v) is 7.19. The lowest BCUT2D eigenvalue weighted by molar-refractivity contribution is -0.132. The van der Waals surface area contributed by atoms with Crippen LogP contribution in [-0.2, 0) is 20.9 Å². The molecule has 0 atom stereocenters. The second-order valence-corrected chi connectivity index (χ2v) is 10.2. The minimum absolute atomic E-state index is 0.0688. The summed E-state index contributed by atoms with van der Waals surface area (Å²) in [7, 11) is 0. The topological polar surface area (TPSA) is 104 Å². The number of carbonyl (C=O) groups excluding carboxylic acids is 3. The number of nitrogens with zero attached hydrogens (tertiary/aromatic N) is 3. The van der Waals surface area contributed by atoms with Gasteiger partial charge < -0.3 is 10.6 Å². The maximum atomic E-state index is 12.5. The Bertz CT molecular complexity index is 1230. The van der Waals surface area contributed by atoms with Gasteiger partial charge in [-0.2, -0.15) is 5.10 Å². The molecule has 34 heavy (non-hydrogen) atoms. The van der Waals surface area contributed by atoms with Crippen molar-refractivity contribution < 1.29 is 14.4 Å². The Morgan fingerprint density at radius 2 is 1.85 bits per heavy atom. The number of hydrogen-bond acceptors (Lipinski definition) is 7. The van der Waals surface area contributed by atoms with E-state index >= 15 is 0 Å². The van der Waals surface area contributed by atoms with Gasteiger partial charge in [0.15, 0.2) is 5.13 Å². The summed E-state index contributed by atoms with van der Waals surface area (Å²) in [4.78, 5) is 43.6. The van der Waals surface area contributed by atoms with Crippen LogP contribution in [0.15, 0.2) is 47.6 Å². The second kappa shape index (κ2) is 10.7. The molecule has 0 saturated carbocycles. The number of hydrogen-bond donors (Lipinski definition) is 2. The molecule has 0 radical (unpaired) electrons. The molecule has 0 unspecified atom stereocenters. The number of rotatable bonds is 8. The predicted molar refractivity (Wildman–Crippen MR) is 135 cm³/mol. The van der Waals surface area contributed by atoms with Crippen LogP contribution >= 0.6 is 22.7 Å². The zero-order valence-electron chi connectivity index (χ0n) is 19.0. The molecule has 1 aromatic carbocycles. The quantitative estimate of drug-likeness (QED) is 0.489. The molecule has 2 N–H and O–H groups in total. The van der Waals surface area contributed by atoms with E-state index in [9.17, 15) is 14.4 Å². The number of hydrazone groups is 1. The summed E-state index contributed by atoms with van der Waals surface area (Å²) in [5, 5.41) is 12.0. The zero-order valence-corrected chi connectivity index (χ0v) is 20.6. The first-order chi connectivity index (χ1) is 16.4. The predicted octanol–water partition coefficient (Wildman–Crippen LogP) is 4.17. The van der Waals surface area contributed by atoms with Crippen LogP contribution in [0.2, 0.25) is 0 Å². The average molecular weight is 496 g/mol. The molecule has 3 aromatic rings. The Morgan fingerprint density at radius 3 is 2.62 bits per heavy atom. The van der Waals surface area contributed by atoms with E-state index in [1.807, 2.05) is 49.4 Å². The van der Waals surface area contributed by atoms with Crippen molar-refractivity contribution in [2.75, 3.05) is 11.9 Å². The minimum Gasteiger partial charge on any atom is -0.351 e. The molecule has 3 amide bonds. The summed E-state index contributed by atoms with van der Waals surface area (Å²) in [6.45, 7) is 4.45. The zero-order chi connectivity index (χ0) is 24.1. The van der Waals surface area contributed by atoms with Crippen LogP contribution in [0.3, 0.4) is 0 Å². The summed E-state index contributed by atoms with van der Waals surface area (Å²) in [6, 6.07) is 13.7. The molecular weight excluding hydrogens is 470 g/mol. The molecule has 2 aromatic heterocycles. The molecule has 0 saturated heterocycles. The highest BCUT2D eigenvalue weighted by Gasteiger charge is 2.22. The number of aromatic nitrogens is 1. The number of thiazole rings is 1. The van der Waals surface area contributed by atoms with Crippen LogP contribution < -0.4 is 10.6 Å². The highest BCUT2D eigenvalue weighted by Crippen LogP contribution is 2.34. The summed E-state index contributed by atoms with van der Waals surface area (Å²) < 4.78 is 0. The molecule has 1 aliphatic heterocycles. The summed E-state index contributed by atoms with van der Waals surface area (Å²) in [5.41, 5.74) is 2.71. The van der Waals surface area contributed by atoms with Crippen LogP contribution in [0, 0.1) is 6.92 Å². The van der Waals surface area contributed by atoms with Crippen molar-refractivity contribution in [3.8, 4) is 10.6 Å². The molecule has 10 heteroatoms. The van der Waals surface area contributed by atoms with E-state index in [0.29, 0.717) is 24.6 Å². The standard InChI is InChI=1S/C24H25N5O3S2/c1-15-23(20-9-8-18(34-20)14-25-16(2)30)27-24(33-15)26-21(31)10-11-22(32)29-13-12-19(28-29)17-6-4-3-5-7-17/h3-9H,10-14H2,1-2H3,(H,25,30)(H,26,27,31). The fourth-order valence-corrected chi connectivity index (χ4v) is 5.40. The smallest absolute Gasteiger partial charge is 0.243 e. The van der Waals surface area contributed by atoms with Gasteiger partial charge in [0.05, 0.1) is 29.4 Å². The number of aryl methyl sites for hydroxylation is 1. The molecule has 0 aliphatic carbocycles. The van der Waals surface area contributed by atoms with Crippen molar-refractivity contribution in [3.63, 3.8) is 0 Å². The van der Waals surface area contributed by atoms with Crippen molar-refractivity contribution in [1.29, 1.82) is 0 Å². The van der Waals surface area contributed by atoms with E-state index in [2.05, 4.69) is 20.7 Å². The van der Waals surface area contributed by atoms with Crippen molar-refractivity contribution in [3.05, 3.63) is 57.8 Å². The summed E-state index contributed by atoms with van der Waals surface area (Å²) in [5.74, 6) is -0.489. The molecule has 1 aliphatic rings. The number of thiophene rings is 1. The van der Waals surface area contributed by atoms with Gasteiger partial charge in [0.25, 0.3) is 0 Å². The van der Waals surface area contributed by atoms with Crippen LogP contribution in [0.25, 0.3) is 10.6 Å². The number of nitrogens with one attached hydrogen (secondary N) is 2. The molecule has 4 rings (SSSR count). The fraction of sp³-hybridized carbons (Fsp3) is 0.292. The van der Waals surface area contributed by atoms with Gasteiger partial charge in [-0.15, -0.1) is 22.7 Å². The fourth-order valence-electron chi connectivity index (χ4n) is 3.49. The lowest BCUT2D eigenvalue weighted by Crippen LogP contribution is -2.24. The van der Waals surface area contributed by atoms with Gasteiger partial charge in [-0.1, -0.05) is 30.3 Å². The Morgan fingerprint density at radius 1 is 1.06 bits per heavy atom. The number of anilines is 1. The van der Waals surface area contributed by atoms with Gasteiger partial charge >= 0.3 is 0 Å². The molecule has 3 heterocycles. The van der Waals surface area contributed by atoms with Gasteiger partial charge in [0, 0.05) is 35.9 Å². The second-order valence-electron chi connectivity index (χ2n) is 7.83. The van der Waals surface area contributed by atoms with E-state index in [-0.39, 0.29) is 30.6 Å². The Kier molecular flexibility index (Phi) is 7.49. The van der Waals surface area contributed by atoms with E-state index in [1.165, 1.54) is 23.3 Å². The van der Waals surface area contributed by atoms with Gasteiger partial charge in [0.2, 0.25) is 17.7 Å². The van der Waals surface area contributed by atoms with Crippen molar-refractivity contribution in [2.45, 2.75) is 39.7 Å². The van der Waals surface area contributed by atoms with Crippen molar-refractivity contribution in [1.82, 2.24) is 15.3 Å². The van der Waals surface area contributed by atoms with Crippen molar-refractivity contribution in [2.24, 2.45) is 5.10 Å². The van der Waals surface area contributed by atoms with Gasteiger partial charge in [-0.05, 0) is 24.6 Å². The van der Waals surface area contributed by atoms with E-state index < -0.39 is 0 Å². The van der Waals surface area contributed by atoms with Crippen LogP contribution in [0.1, 0.15) is 41.5 Å². The molecule has 0 fully saturated rings. The maximum Gasteiger partial charge on any atom is 0.243 e. The highest BCUT2D eigenvalue weighted by atomic mass is 32.1. The molecule has 8 nitrogen and oxygen atoms in total. The van der Waals surface area contributed by atoms with Crippen molar-refractivity contribution >= 4 is 51.2 Å². The number of benzene rings is 1. The van der Waals surface area contributed by atoms with E-state index in [4.69, 9.17) is 0 Å². The largest absolute Gasteiger partial charge is 0.351 e. The van der Waals surface area contributed by atoms with E-state index in [1.54, 1.807) is 11.3 Å². The van der Waals surface area contributed by atoms with Crippen LogP contribution in [0.4, 0.5) is 5.13 Å². The van der Waals surface area contributed by atoms with Gasteiger partial charge in [-0.3, -0.25) is 14.4 Å². The minimum atomic E-state index is -0.252. The SMILES string of the molecule is CC(=O)NCc1ccc(-c2nc(NC(=O)CCC(=O)N3CCC(c4ccccc4)=N3)sc2C)s1. The first-order valence-corrected chi connectivity index (χ1v) is 12.6. The van der Waals surface area contributed by atoms with E-state index in [0.717, 1.165) is 31.6 Å². The normalized spacial score (nSPS) is 13.0. The molecular formula is C24H25N5O3S2. The Labute approximate surface area is 205 Å². The third kappa shape index (κ3) is 5.95. The van der Waals surface area contributed by atoms with Crippen LogP contribution in [-0.4, -0.2) is 40.0 Å². The maximum absolute atomic E-state index is 12.5. The molecule has 0 spiro atoms. The molecule has 0 bridgehead atoms. The first kappa shape index (κ1) is 23.8. The van der Waals surface area contributed by atoms with Gasteiger partial charge in [-0.25, -0.2) is 9.99 Å². The third-order valence-electron chi connectivity index (χ3n) is 5.21. The average Bonchev–Trinajstić information content (AvgIpc) is 3.56. The summed E-state index contributed by atoms with van der Waals surface area (Å²) in [6.07, 6.45) is 0.865. The number of carbonyl (C=O) groups is 3. The Hall–Kier alpha value is -3.37. The monoisotopic (exact) mass is 495 g/mol. The van der Waals surface area contributed by atoms with Crippen LogP contribution in [0.5, 0.6) is 0 Å². The van der Waals surface area contributed by atoms with Gasteiger partial charge in [0.1, 0.15) is 0 Å². The number of amides is 3. The lowest BCUT2D eigenvalue weighted by Gasteiger charge is -2.10. The molecule has 176 valence electrons. The lowest BCUT2D eigenvalue weighted by atomic mass is 10.1. The summed E-state index contributed by atoms with van der Waals surface area (Å²) >= 11 is 2.95. The Balaban J connectivity index is 1.30. The first-order valence-electron chi connectivity index (χ1n) is 10.9.